The molecule has 0 radical (unpaired) electrons. The third kappa shape index (κ3) is 4.09. The van der Waals surface area contributed by atoms with Crippen LogP contribution in [-0.2, 0) is 22.7 Å². The predicted octanol–water partition coefficient (Wildman–Crippen LogP) is 4.27. The van der Waals surface area contributed by atoms with Crippen LogP contribution in [0.15, 0.2) is 54.6 Å². The number of fused-ring (bicyclic) bond motifs is 2. The van der Waals surface area contributed by atoms with Crippen molar-refractivity contribution in [2.75, 3.05) is 11.7 Å². The minimum absolute atomic E-state index is 0.0309. The molecule has 0 saturated carbocycles. The highest BCUT2D eigenvalue weighted by Gasteiger charge is 2.37. The number of nitro benzene ring substituents is 1. The average molecular weight is 495 g/mol. The SMILES string of the molecule is O=C(OCc1cc([N+](=O)[O-])cc2c1OCOC2)c1ccc2c(c1)C(=O)N(c1ccc(Cl)cc1)C2=O. The van der Waals surface area contributed by atoms with Gasteiger partial charge in [0.25, 0.3) is 17.5 Å². The summed E-state index contributed by atoms with van der Waals surface area (Å²) < 4.78 is 16.0. The van der Waals surface area contributed by atoms with E-state index in [9.17, 15) is 24.5 Å². The summed E-state index contributed by atoms with van der Waals surface area (Å²) in [6.45, 7) is -0.205. The highest BCUT2D eigenvalue weighted by Crippen LogP contribution is 2.34. The van der Waals surface area contributed by atoms with E-state index in [-0.39, 0.29) is 42.4 Å². The van der Waals surface area contributed by atoms with Crippen LogP contribution in [-0.4, -0.2) is 29.5 Å². The molecule has 11 heteroatoms. The summed E-state index contributed by atoms with van der Waals surface area (Å²) in [5.74, 6) is -1.51. The molecule has 2 heterocycles. The van der Waals surface area contributed by atoms with Crippen molar-refractivity contribution in [2.45, 2.75) is 13.2 Å². The standard InChI is InChI=1S/C24H15ClN2O8/c25-16-2-4-17(5-3-16)26-22(28)19-6-1-13(9-20(19)23(26)29)24(30)34-11-15-8-18(27(31)32)7-14-10-33-12-35-21(14)15/h1-9H,10-12H2. The number of carbonyl (C=O) groups excluding carboxylic acids is 3. The summed E-state index contributed by atoms with van der Waals surface area (Å²) >= 11 is 5.89. The lowest BCUT2D eigenvalue weighted by atomic mass is 10.1. The van der Waals surface area contributed by atoms with E-state index in [0.29, 0.717) is 27.6 Å². The Morgan fingerprint density at radius 2 is 1.80 bits per heavy atom. The van der Waals surface area contributed by atoms with Crippen molar-refractivity contribution in [2.24, 2.45) is 0 Å². The minimum Gasteiger partial charge on any atom is -0.467 e. The number of amides is 2. The van der Waals surface area contributed by atoms with Crippen LogP contribution in [0.4, 0.5) is 11.4 Å². The molecule has 0 bridgehead atoms. The van der Waals surface area contributed by atoms with Crippen molar-refractivity contribution in [3.8, 4) is 5.75 Å². The Balaban J connectivity index is 1.37. The largest absolute Gasteiger partial charge is 0.467 e. The molecule has 0 aliphatic carbocycles. The molecule has 0 atom stereocenters. The van der Waals surface area contributed by atoms with Crippen molar-refractivity contribution in [1.82, 2.24) is 0 Å². The Hall–Kier alpha value is -4.28. The number of nitrogens with zero attached hydrogens (tertiary/aromatic N) is 2. The number of esters is 1. The van der Waals surface area contributed by atoms with E-state index in [4.69, 9.17) is 25.8 Å². The van der Waals surface area contributed by atoms with Crippen LogP contribution in [0.25, 0.3) is 0 Å². The van der Waals surface area contributed by atoms with E-state index in [2.05, 4.69) is 0 Å². The molecule has 3 aromatic carbocycles. The summed E-state index contributed by atoms with van der Waals surface area (Å²) in [6, 6.07) is 12.9. The van der Waals surface area contributed by atoms with Crippen LogP contribution >= 0.6 is 11.6 Å². The molecule has 0 fully saturated rings. The van der Waals surface area contributed by atoms with Crippen molar-refractivity contribution < 1.29 is 33.5 Å². The first-order valence-electron chi connectivity index (χ1n) is 10.3. The number of halogens is 1. The van der Waals surface area contributed by atoms with Gasteiger partial charge in [-0.15, -0.1) is 0 Å². The van der Waals surface area contributed by atoms with Crippen LogP contribution < -0.4 is 9.64 Å². The molecular weight excluding hydrogens is 480 g/mol. The Morgan fingerprint density at radius 1 is 1.06 bits per heavy atom. The number of rotatable bonds is 5. The Labute approximate surface area is 202 Å². The topological polar surface area (TPSA) is 125 Å². The van der Waals surface area contributed by atoms with Gasteiger partial charge in [-0.3, -0.25) is 19.7 Å². The Morgan fingerprint density at radius 3 is 2.54 bits per heavy atom. The van der Waals surface area contributed by atoms with E-state index in [1.807, 2.05) is 0 Å². The summed E-state index contributed by atoms with van der Waals surface area (Å²) in [6.07, 6.45) is 0. The third-order valence-electron chi connectivity index (χ3n) is 5.55. The highest BCUT2D eigenvalue weighted by atomic mass is 35.5. The maximum Gasteiger partial charge on any atom is 0.338 e. The number of imide groups is 1. The molecule has 0 spiro atoms. The van der Waals surface area contributed by atoms with Gasteiger partial charge in [-0.25, -0.2) is 9.69 Å². The maximum absolute atomic E-state index is 12.9. The van der Waals surface area contributed by atoms with E-state index in [0.717, 1.165) is 4.90 Å². The summed E-state index contributed by atoms with van der Waals surface area (Å²) in [5.41, 5.74) is 1.21. The van der Waals surface area contributed by atoms with Crippen molar-refractivity contribution in [3.05, 3.63) is 97.6 Å². The first-order chi connectivity index (χ1) is 16.8. The zero-order valence-corrected chi connectivity index (χ0v) is 18.6. The summed E-state index contributed by atoms with van der Waals surface area (Å²) in [5, 5.41) is 11.7. The first-order valence-corrected chi connectivity index (χ1v) is 10.7. The lowest BCUT2D eigenvalue weighted by molar-refractivity contribution is -0.385. The molecular formula is C24H15ClN2O8. The van der Waals surface area contributed by atoms with Crippen molar-refractivity contribution in [1.29, 1.82) is 0 Å². The number of ether oxygens (including phenoxy) is 3. The second-order valence-corrected chi connectivity index (χ2v) is 8.16. The van der Waals surface area contributed by atoms with E-state index in [1.165, 1.54) is 30.3 Å². The van der Waals surface area contributed by atoms with Gasteiger partial charge in [0.15, 0.2) is 6.79 Å². The number of nitro groups is 1. The fourth-order valence-electron chi connectivity index (χ4n) is 3.91. The van der Waals surface area contributed by atoms with E-state index >= 15 is 0 Å². The van der Waals surface area contributed by atoms with Gasteiger partial charge in [0, 0.05) is 28.3 Å². The van der Waals surface area contributed by atoms with E-state index < -0.39 is 22.7 Å². The molecule has 0 saturated heterocycles. The van der Waals surface area contributed by atoms with Gasteiger partial charge in [0.2, 0.25) is 0 Å². The van der Waals surface area contributed by atoms with Gasteiger partial charge in [-0.2, -0.15) is 0 Å². The maximum atomic E-state index is 12.9. The smallest absolute Gasteiger partial charge is 0.338 e. The number of hydrogen-bond acceptors (Lipinski definition) is 8. The van der Waals surface area contributed by atoms with Crippen LogP contribution in [0.5, 0.6) is 5.75 Å². The van der Waals surface area contributed by atoms with Gasteiger partial charge in [-0.05, 0) is 42.5 Å². The van der Waals surface area contributed by atoms with Crippen LogP contribution in [0.2, 0.25) is 5.02 Å². The Bertz CT molecular complexity index is 1400. The third-order valence-corrected chi connectivity index (χ3v) is 5.80. The quantitative estimate of drug-likeness (QED) is 0.223. The second kappa shape index (κ2) is 8.82. The lowest BCUT2D eigenvalue weighted by Gasteiger charge is -2.20. The van der Waals surface area contributed by atoms with Gasteiger partial charge >= 0.3 is 5.97 Å². The highest BCUT2D eigenvalue weighted by molar-refractivity contribution is 6.35. The first kappa shape index (κ1) is 22.5. The number of anilines is 1. The number of benzene rings is 3. The molecule has 0 N–H and O–H groups in total. The lowest BCUT2D eigenvalue weighted by Crippen LogP contribution is -2.29. The van der Waals surface area contributed by atoms with E-state index in [1.54, 1.807) is 24.3 Å². The molecule has 176 valence electrons. The molecule has 2 amide bonds. The molecule has 10 nitrogen and oxygen atoms in total. The summed E-state index contributed by atoms with van der Waals surface area (Å²) in [4.78, 5) is 50.2. The number of hydrogen-bond donors (Lipinski definition) is 0. The van der Waals surface area contributed by atoms with Gasteiger partial charge in [0.05, 0.1) is 33.9 Å². The van der Waals surface area contributed by atoms with Gasteiger partial charge in [0.1, 0.15) is 12.4 Å². The number of non-ortho nitro benzene ring substituents is 1. The molecule has 2 aliphatic rings. The molecule has 2 aliphatic heterocycles. The van der Waals surface area contributed by atoms with Crippen molar-refractivity contribution in [3.63, 3.8) is 0 Å². The minimum atomic E-state index is -0.773. The fraction of sp³-hybridized carbons (Fsp3) is 0.125. The summed E-state index contributed by atoms with van der Waals surface area (Å²) in [7, 11) is 0. The van der Waals surface area contributed by atoms with Crippen LogP contribution in [0, 0.1) is 10.1 Å². The average Bonchev–Trinajstić information content (AvgIpc) is 3.11. The normalized spacial score (nSPS) is 14.3. The Kier molecular flexibility index (Phi) is 5.67. The molecule has 3 aromatic rings. The second-order valence-electron chi connectivity index (χ2n) is 7.72. The van der Waals surface area contributed by atoms with Crippen LogP contribution in [0.1, 0.15) is 42.2 Å². The van der Waals surface area contributed by atoms with Gasteiger partial charge in [-0.1, -0.05) is 11.6 Å². The predicted molar refractivity (Wildman–Crippen MR) is 122 cm³/mol. The molecule has 35 heavy (non-hydrogen) atoms. The molecule has 5 rings (SSSR count). The monoisotopic (exact) mass is 494 g/mol. The zero-order chi connectivity index (χ0) is 24.7. The molecule has 0 aromatic heterocycles. The number of carbonyl (C=O) groups is 3. The van der Waals surface area contributed by atoms with Gasteiger partial charge < -0.3 is 14.2 Å². The zero-order valence-electron chi connectivity index (χ0n) is 17.9. The van der Waals surface area contributed by atoms with Crippen LogP contribution in [0.3, 0.4) is 0 Å². The fourth-order valence-corrected chi connectivity index (χ4v) is 4.04. The molecule has 0 unspecified atom stereocenters. The van der Waals surface area contributed by atoms with Crippen molar-refractivity contribution >= 4 is 40.8 Å².